The Morgan fingerprint density at radius 3 is 2.63 bits per heavy atom. The van der Waals surface area contributed by atoms with E-state index in [-0.39, 0.29) is 5.91 Å². The molecule has 1 amide bonds. The molecular formula is C14H16N2O3. The first kappa shape index (κ1) is 13.1. The topological polar surface area (TPSA) is 83.6 Å². The van der Waals surface area contributed by atoms with Crippen molar-refractivity contribution in [3.8, 4) is 0 Å². The number of anilines is 1. The van der Waals surface area contributed by atoms with Gasteiger partial charge in [0, 0.05) is 18.3 Å². The molecule has 1 aliphatic rings. The van der Waals surface area contributed by atoms with E-state index < -0.39 is 12.0 Å². The minimum atomic E-state index is -0.938. The molecule has 1 atom stereocenters. The van der Waals surface area contributed by atoms with Gasteiger partial charge in [-0.15, -0.1) is 0 Å². The van der Waals surface area contributed by atoms with Crippen molar-refractivity contribution in [2.24, 2.45) is 0 Å². The molecule has 1 aromatic carbocycles. The van der Waals surface area contributed by atoms with Crippen LogP contribution in [0.3, 0.4) is 0 Å². The van der Waals surface area contributed by atoms with E-state index in [1.807, 2.05) is 0 Å². The molecule has 1 aromatic rings. The normalized spacial score (nSPS) is 18.9. The highest BCUT2D eigenvalue weighted by Gasteiger charge is 2.32. The van der Waals surface area contributed by atoms with E-state index in [9.17, 15) is 9.59 Å². The van der Waals surface area contributed by atoms with E-state index >= 15 is 0 Å². The zero-order valence-corrected chi connectivity index (χ0v) is 10.5. The van der Waals surface area contributed by atoms with Gasteiger partial charge in [-0.25, -0.2) is 4.79 Å². The summed E-state index contributed by atoms with van der Waals surface area (Å²) in [6.07, 6.45) is 4.33. The zero-order valence-electron chi connectivity index (χ0n) is 10.5. The van der Waals surface area contributed by atoms with Gasteiger partial charge in [0.2, 0.25) is 5.91 Å². The van der Waals surface area contributed by atoms with Crippen LogP contribution in [0.2, 0.25) is 0 Å². The van der Waals surface area contributed by atoms with Crippen molar-refractivity contribution >= 4 is 23.6 Å². The van der Waals surface area contributed by atoms with Crippen molar-refractivity contribution in [3.05, 3.63) is 35.9 Å². The molecule has 0 unspecified atom stereocenters. The van der Waals surface area contributed by atoms with Gasteiger partial charge in [-0.1, -0.05) is 12.1 Å². The number of benzene rings is 1. The molecule has 0 saturated carbocycles. The van der Waals surface area contributed by atoms with Gasteiger partial charge in [-0.3, -0.25) is 4.79 Å². The molecule has 0 spiro atoms. The lowest BCUT2D eigenvalue weighted by Gasteiger charge is -2.19. The van der Waals surface area contributed by atoms with E-state index in [0.29, 0.717) is 18.7 Å². The Morgan fingerprint density at radius 2 is 2.00 bits per heavy atom. The van der Waals surface area contributed by atoms with Gasteiger partial charge in [0.25, 0.3) is 0 Å². The summed E-state index contributed by atoms with van der Waals surface area (Å²) in [6, 6.07) is 6.42. The molecule has 5 heteroatoms. The second kappa shape index (κ2) is 5.56. The molecule has 5 nitrogen and oxygen atoms in total. The van der Waals surface area contributed by atoms with Crippen molar-refractivity contribution in [3.63, 3.8) is 0 Å². The maximum atomic E-state index is 12.0. The molecule has 0 radical (unpaired) electrons. The highest BCUT2D eigenvalue weighted by Crippen LogP contribution is 2.18. The van der Waals surface area contributed by atoms with E-state index in [0.717, 1.165) is 12.0 Å². The number of nitrogen functional groups attached to an aromatic ring is 1. The highest BCUT2D eigenvalue weighted by molar-refractivity contribution is 5.94. The Hall–Kier alpha value is -2.30. The number of carbonyl (C=O) groups is 2. The molecule has 2 rings (SSSR count). The van der Waals surface area contributed by atoms with E-state index in [2.05, 4.69) is 0 Å². The average Bonchev–Trinajstić information content (AvgIpc) is 2.87. The predicted octanol–water partition coefficient (Wildman–Crippen LogP) is 1.36. The number of carboxylic acid groups (broad SMARTS) is 1. The summed E-state index contributed by atoms with van der Waals surface area (Å²) in [7, 11) is 0. The lowest BCUT2D eigenvalue weighted by molar-refractivity contribution is -0.146. The summed E-state index contributed by atoms with van der Waals surface area (Å²) in [5, 5.41) is 9.02. The maximum absolute atomic E-state index is 12.0. The van der Waals surface area contributed by atoms with Crippen LogP contribution in [0.15, 0.2) is 30.3 Å². The Balaban J connectivity index is 2.04. The summed E-state index contributed by atoms with van der Waals surface area (Å²) >= 11 is 0. The molecule has 0 bridgehead atoms. The van der Waals surface area contributed by atoms with E-state index in [4.69, 9.17) is 10.8 Å². The molecule has 19 heavy (non-hydrogen) atoms. The van der Waals surface area contributed by atoms with Crippen LogP contribution in [0.5, 0.6) is 0 Å². The van der Waals surface area contributed by atoms with Crippen molar-refractivity contribution in [1.29, 1.82) is 0 Å². The molecular weight excluding hydrogens is 244 g/mol. The predicted molar refractivity (Wildman–Crippen MR) is 72.3 cm³/mol. The molecule has 100 valence electrons. The van der Waals surface area contributed by atoms with Crippen LogP contribution >= 0.6 is 0 Å². The van der Waals surface area contributed by atoms with E-state index in [1.54, 1.807) is 30.3 Å². The van der Waals surface area contributed by atoms with Crippen LogP contribution in [0.25, 0.3) is 6.08 Å². The van der Waals surface area contributed by atoms with Crippen molar-refractivity contribution in [2.75, 3.05) is 12.3 Å². The van der Waals surface area contributed by atoms with Crippen LogP contribution in [0, 0.1) is 0 Å². The van der Waals surface area contributed by atoms with Crippen LogP contribution in [-0.2, 0) is 9.59 Å². The highest BCUT2D eigenvalue weighted by atomic mass is 16.4. The Kier molecular flexibility index (Phi) is 3.85. The van der Waals surface area contributed by atoms with E-state index in [1.165, 1.54) is 11.0 Å². The number of likely N-dealkylation sites (tertiary alicyclic amines) is 1. The first-order valence-electron chi connectivity index (χ1n) is 6.15. The number of hydrogen-bond acceptors (Lipinski definition) is 3. The third-order valence-corrected chi connectivity index (χ3v) is 3.18. The molecule has 3 N–H and O–H groups in total. The van der Waals surface area contributed by atoms with Crippen LogP contribution in [0.4, 0.5) is 5.69 Å². The smallest absolute Gasteiger partial charge is 0.326 e. The Morgan fingerprint density at radius 1 is 1.32 bits per heavy atom. The van der Waals surface area contributed by atoms with Crippen molar-refractivity contribution in [2.45, 2.75) is 18.9 Å². The fourth-order valence-corrected chi connectivity index (χ4v) is 2.16. The second-order valence-electron chi connectivity index (χ2n) is 4.53. The maximum Gasteiger partial charge on any atom is 0.326 e. The minimum Gasteiger partial charge on any atom is -0.480 e. The zero-order chi connectivity index (χ0) is 13.8. The minimum absolute atomic E-state index is 0.262. The van der Waals surface area contributed by atoms with Crippen LogP contribution < -0.4 is 5.73 Å². The number of carboxylic acids is 1. The largest absolute Gasteiger partial charge is 0.480 e. The Labute approximate surface area is 111 Å². The summed E-state index contributed by atoms with van der Waals surface area (Å²) in [5.41, 5.74) is 7.09. The molecule has 1 saturated heterocycles. The van der Waals surface area contributed by atoms with Gasteiger partial charge in [0.15, 0.2) is 0 Å². The monoisotopic (exact) mass is 260 g/mol. The summed E-state index contributed by atoms with van der Waals surface area (Å²) in [4.78, 5) is 24.3. The molecule has 1 heterocycles. The van der Waals surface area contributed by atoms with Gasteiger partial charge in [-0.05, 0) is 36.6 Å². The van der Waals surface area contributed by atoms with Gasteiger partial charge < -0.3 is 15.7 Å². The summed E-state index contributed by atoms with van der Waals surface area (Å²) in [5.74, 6) is -1.20. The van der Waals surface area contributed by atoms with Crippen molar-refractivity contribution in [1.82, 2.24) is 4.90 Å². The van der Waals surface area contributed by atoms with Crippen LogP contribution in [-0.4, -0.2) is 34.5 Å². The number of amides is 1. The first-order chi connectivity index (χ1) is 9.08. The third kappa shape index (κ3) is 3.13. The number of nitrogens with zero attached hydrogens (tertiary/aromatic N) is 1. The summed E-state index contributed by atoms with van der Waals surface area (Å²) in [6.45, 7) is 0.502. The quantitative estimate of drug-likeness (QED) is 0.635. The van der Waals surface area contributed by atoms with Crippen LogP contribution in [0.1, 0.15) is 18.4 Å². The lowest BCUT2D eigenvalue weighted by atomic mass is 10.2. The van der Waals surface area contributed by atoms with Gasteiger partial charge in [0.05, 0.1) is 0 Å². The SMILES string of the molecule is Nc1ccc(/C=C/C(=O)N2CCC[C@@H]2C(=O)O)cc1. The summed E-state index contributed by atoms with van der Waals surface area (Å²) < 4.78 is 0. The molecule has 1 aliphatic heterocycles. The number of nitrogens with two attached hydrogens (primary N) is 1. The first-order valence-corrected chi connectivity index (χ1v) is 6.15. The molecule has 1 fully saturated rings. The molecule has 0 aliphatic carbocycles. The standard InChI is InChI=1S/C14H16N2O3/c15-11-6-3-10(4-7-11)5-8-13(17)16-9-1-2-12(16)14(18)19/h3-8,12H,1-2,9,15H2,(H,18,19)/b8-5+/t12-/m1/s1. The number of aliphatic carboxylic acids is 1. The third-order valence-electron chi connectivity index (χ3n) is 3.18. The number of hydrogen-bond donors (Lipinski definition) is 2. The fourth-order valence-electron chi connectivity index (χ4n) is 2.16. The number of rotatable bonds is 3. The second-order valence-corrected chi connectivity index (χ2v) is 4.53. The van der Waals surface area contributed by atoms with Gasteiger partial charge in [-0.2, -0.15) is 0 Å². The number of carbonyl (C=O) groups excluding carboxylic acids is 1. The molecule has 0 aromatic heterocycles. The van der Waals surface area contributed by atoms with Gasteiger partial charge in [0.1, 0.15) is 6.04 Å². The van der Waals surface area contributed by atoms with Crippen molar-refractivity contribution < 1.29 is 14.7 Å². The van der Waals surface area contributed by atoms with Gasteiger partial charge >= 0.3 is 5.97 Å². The fraction of sp³-hybridized carbons (Fsp3) is 0.286. The lowest BCUT2D eigenvalue weighted by Crippen LogP contribution is -2.39. The Bertz CT molecular complexity index is 508. The average molecular weight is 260 g/mol.